The fourth-order valence-electron chi connectivity index (χ4n) is 7.52. The Morgan fingerprint density at radius 2 is 1.37 bits per heavy atom. The Bertz CT molecular complexity index is 3040. The first-order valence-corrected chi connectivity index (χ1v) is 16.3. The van der Waals surface area contributed by atoms with Crippen LogP contribution in [0.25, 0.3) is 97.5 Å². The van der Waals surface area contributed by atoms with Gasteiger partial charge in [-0.2, -0.15) is 0 Å². The lowest BCUT2D eigenvalue weighted by Gasteiger charge is -2.12. The summed E-state index contributed by atoms with van der Waals surface area (Å²) in [7, 11) is 0. The average Bonchev–Trinajstić information content (AvgIpc) is 3.86. The fourth-order valence-corrected chi connectivity index (χ4v) is 8.77. The van der Waals surface area contributed by atoms with Gasteiger partial charge in [0.2, 0.25) is 5.71 Å². The van der Waals surface area contributed by atoms with E-state index in [1.807, 2.05) is 17.4 Å². The molecule has 0 N–H and O–H groups in total. The Balaban J connectivity index is 1.24. The van der Waals surface area contributed by atoms with E-state index in [4.69, 9.17) is 9.40 Å². The molecule has 0 radical (unpaired) electrons. The fraction of sp³-hybridized carbons (Fsp3) is 0. The van der Waals surface area contributed by atoms with Crippen LogP contribution in [0.4, 0.5) is 0 Å². The summed E-state index contributed by atoms with van der Waals surface area (Å²) in [5.74, 6) is 0. The van der Waals surface area contributed by atoms with E-state index in [0.29, 0.717) is 0 Å². The van der Waals surface area contributed by atoms with Crippen molar-refractivity contribution in [3.05, 3.63) is 140 Å². The average molecular weight is 606 g/mol. The molecule has 0 atom stereocenters. The molecule has 4 nitrogen and oxygen atoms in total. The maximum Gasteiger partial charge on any atom is 0.213 e. The van der Waals surface area contributed by atoms with Gasteiger partial charge >= 0.3 is 0 Å². The van der Waals surface area contributed by atoms with Crippen LogP contribution in [0, 0.1) is 0 Å². The summed E-state index contributed by atoms with van der Waals surface area (Å²) in [6.45, 7) is 0. The molecule has 0 saturated carbocycles. The summed E-state index contributed by atoms with van der Waals surface area (Å²) in [5.41, 5.74) is 10.3. The summed E-state index contributed by atoms with van der Waals surface area (Å²) >= 11 is 1.86. The molecular formula is C41H23N3OS. The van der Waals surface area contributed by atoms with Crippen molar-refractivity contribution in [2.24, 2.45) is 0 Å². The number of aromatic nitrogens is 3. The third-order valence-corrected chi connectivity index (χ3v) is 10.7. The van der Waals surface area contributed by atoms with E-state index in [2.05, 4.69) is 142 Å². The van der Waals surface area contributed by atoms with Gasteiger partial charge < -0.3 is 8.82 Å². The molecule has 0 fully saturated rings. The third-order valence-electron chi connectivity index (χ3n) is 9.48. The first-order valence-electron chi connectivity index (χ1n) is 15.5. The summed E-state index contributed by atoms with van der Waals surface area (Å²) in [6.07, 6.45) is 0. The second-order valence-electron chi connectivity index (χ2n) is 12.0. The summed E-state index contributed by atoms with van der Waals surface area (Å²) in [4.78, 5) is 5.26. The number of hydrogen-bond acceptors (Lipinski definition) is 3. The molecule has 46 heavy (non-hydrogen) atoms. The summed E-state index contributed by atoms with van der Waals surface area (Å²) in [5, 5.41) is 7.33. The zero-order chi connectivity index (χ0) is 29.9. The van der Waals surface area contributed by atoms with Crippen LogP contribution in [0.3, 0.4) is 0 Å². The first kappa shape index (κ1) is 24.4. The molecule has 5 heterocycles. The number of para-hydroxylation sites is 4. The van der Waals surface area contributed by atoms with Crippen LogP contribution in [0.15, 0.2) is 144 Å². The largest absolute Gasteiger partial charge is 0.439 e. The number of hydrogen-bond donors (Lipinski definition) is 0. The SMILES string of the molecule is c1cc(-c2nc3ccccc3n3c2cc2ccccc23)cc(-n2c3ccc4c5ccccc5sc4c3c3c4ccccc4oc32)c1. The van der Waals surface area contributed by atoms with Crippen LogP contribution >= 0.6 is 11.3 Å². The van der Waals surface area contributed by atoms with E-state index >= 15 is 0 Å². The molecule has 0 unspecified atom stereocenters. The monoisotopic (exact) mass is 605 g/mol. The van der Waals surface area contributed by atoms with Crippen molar-refractivity contribution >= 4 is 91.9 Å². The number of fused-ring (bicyclic) bond motifs is 14. The Labute approximate surface area is 266 Å². The Morgan fingerprint density at radius 3 is 2.33 bits per heavy atom. The molecule has 0 aliphatic rings. The molecule has 5 heteroatoms. The minimum atomic E-state index is 0.864. The minimum absolute atomic E-state index is 0.864. The molecule has 0 aliphatic heterocycles. The van der Waals surface area contributed by atoms with Crippen molar-refractivity contribution in [1.29, 1.82) is 0 Å². The molecule has 6 aromatic carbocycles. The van der Waals surface area contributed by atoms with Crippen LogP contribution in [0.5, 0.6) is 0 Å². The summed E-state index contributed by atoms with van der Waals surface area (Å²) in [6, 6.07) is 49.6. The molecule has 0 saturated heterocycles. The van der Waals surface area contributed by atoms with Gasteiger partial charge in [-0.1, -0.05) is 84.9 Å². The predicted molar refractivity (Wildman–Crippen MR) is 193 cm³/mol. The quantitative estimate of drug-likeness (QED) is 0.196. The highest BCUT2D eigenvalue weighted by atomic mass is 32.1. The molecule has 0 spiro atoms. The van der Waals surface area contributed by atoms with Gasteiger partial charge in [0.05, 0.1) is 38.7 Å². The molecule has 11 rings (SSSR count). The number of thiophene rings is 1. The highest BCUT2D eigenvalue weighted by Crippen LogP contribution is 2.46. The Morgan fingerprint density at radius 1 is 0.565 bits per heavy atom. The van der Waals surface area contributed by atoms with Gasteiger partial charge in [-0.25, -0.2) is 4.98 Å². The van der Waals surface area contributed by atoms with E-state index in [9.17, 15) is 0 Å². The van der Waals surface area contributed by atoms with Gasteiger partial charge in [0, 0.05) is 47.6 Å². The minimum Gasteiger partial charge on any atom is -0.439 e. The van der Waals surface area contributed by atoms with E-state index in [0.717, 1.165) is 61.1 Å². The van der Waals surface area contributed by atoms with Crippen molar-refractivity contribution in [1.82, 2.24) is 14.0 Å². The van der Waals surface area contributed by atoms with Crippen LogP contribution < -0.4 is 0 Å². The van der Waals surface area contributed by atoms with Crippen molar-refractivity contribution < 1.29 is 4.42 Å². The van der Waals surface area contributed by atoms with E-state index in [-0.39, 0.29) is 0 Å². The zero-order valence-electron chi connectivity index (χ0n) is 24.4. The van der Waals surface area contributed by atoms with Crippen LogP contribution in [0.2, 0.25) is 0 Å². The highest BCUT2D eigenvalue weighted by Gasteiger charge is 2.23. The molecule has 5 aromatic heterocycles. The van der Waals surface area contributed by atoms with E-state index < -0.39 is 0 Å². The summed E-state index contributed by atoms with van der Waals surface area (Å²) < 4.78 is 13.9. The molecule has 0 amide bonds. The van der Waals surface area contributed by atoms with Gasteiger partial charge in [0.15, 0.2) is 0 Å². The normalized spacial score (nSPS) is 12.3. The van der Waals surface area contributed by atoms with Gasteiger partial charge in [0.25, 0.3) is 0 Å². The topological polar surface area (TPSA) is 35.4 Å². The molecule has 214 valence electrons. The van der Waals surface area contributed by atoms with Gasteiger partial charge in [-0.15, -0.1) is 11.3 Å². The first-order chi connectivity index (χ1) is 22.8. The zero-order valence-corrected chi connectivity index (χ0v) is 25.3. The number of nitrogens with zero attached hydrogens (tertiary/aromatic N) is 3. The number of furan rings is 1. The van der Waals surface area contributed by atoms with Crippen molar-refractivity contribution in [3.63, 3.8) is 0 Å². The van der Waals surface area contributed by atoms with Crippen molar-refractivity contribution in [3.8, 4) is 16.9 Å². The number of benzene rings is 6. The highest BCUT2D eigenvalue weighted by molar-refractivity contribution is 7.26. The Kier molecular flexibility index (Phi) is 4.69. The maximum absolute atomic E-state index is 6.71. The maximum atomic E-state index is 6.71. The molecular weight excluding hydrogens is 583 g/mol. The van der Waals surface area contributed by atoms with E-state index in [1.165, 1.54) is 36.5 Å². The lowest BCUT2D eigenvalue weighted by atomic mass is 10.1. The van der Waals surface area contributed by atoms with Gasteiger partial charge in [-0.05, 0) is 54.6 Å². The van der Waals surface area contributed by atoms with Crippen molar-refractivity contribution in [2.75, 3.05) is 0 Å². The van der Waals surface area contributed by atoms with Crippen LogP contribution in [-0.2, 0) is 0 Å². The van der Waals surface area contributed by atoms with Crippen molar-refractivity contribution in [2.45, 2.75) is 0 Å². The standard InChI is InChI=1S/C41H23N3OS/c1-5-16-31-24(10-1)23-34-39(42-30-15-4-6-17-32(30)44(31)34)25-11-9-12-26(22-25)43-33-21-20-28-27-13-3-8-19-36(27)46-40(28)38(33)37-29-14-2-7-18-35(29)45-41(37)43/h1-23H. The predicted octanol–water partition coefficient (Wildman–Crippen LogP) is 11.5. The second kappa shape index (κ2) is 8.84. The Hall–Kier alpha value is -5.91. The second-order valence-corrected chi connectivity index (χ2v) is 13.0. The molecule has 0 aliphatic carbocycles. The third kappa shape index (κ3) is 3.14. The smallest absolute Gasteiger partial charge is 0.213 e. The van der Waals surface area contributed by atoms with E-state index in [1.54, 1.807) is 0 Å². The molecule has 0 bridgehead atoms. The number of rotatable bonds is 2. The van der Waals surface area contributed by atoms with Gasteiger partial charge in [0.1, 0.15) is 5.58 Å². The van der Waals surface area contributed by atoms with Crippen LogP contribution in [0.1, 0.15) is 0 Å². The van der Waals surface area contributed by atoms with Crippen LogP contribution in [-0.4, -0.2) is 14.0 Å². The lowest BCUT2D eigenvalue weighted by Crippen LogP contribution is -1.97. The molecule has 11 aromatic rings. The van der Waals surface area contributed by atoms with Gasteiger partial charge in [-0.3, -0.25) is 4.57 Å². The lowest BCUT2D eigenvalue weighted by molar-refractivity contribution is 0.645.